The zero-order valence-corrected chi connectivity index (χ0v) is 18.8. The van der Waals surface area contributed by atoms with E-state index in [9.17, 15) is 9.59 Å². The molecule has 0 unspecified atom stereocenters. The van der Waals surface area contributed by atoms with Gasteiger partial charge in [0.15, 0.2) is 6.61 Å². The van der Waals surface area contributed by atoms with Crippen LogP contribution in [0.2, 0.25) is 0 Å². The molecule has 2 aromatic carbocycles. The zero-order chi connectivity index (χ0) is 22.1. The Morgan fingerprint density at radius 3 is 2.33 bits per heavy atom. The molecular weight excluding hydrogens is 376 g/mol. The molecule has 1 atom stereocenters. The highest BCUT2D eigenvalue weighted by Gasteiger charge is 2.29. The smallest absolute Gasteiger partial charge is 0.261 e. The second-order valence-corrected chi connectivity index (χ2v) is 7.75. The lowest BCUT2D eigenvalue weighted by Crippen LogP contribution is -2.50. The summed E-state index contributed by atoms with van der Waals surface area (Å²) in [5.74, 6) is 0.667. The summed E-state index contributed by atoms with van der Waals surface area (Å²) < 4.78 is 5.92. The van der Waals surface area contributed by atoms with Gasteiger partial charge in [0.2, 0.25) is 5.91 Å². The van der Waals surface area contributed by atoms with Gasteiger partial charge < -0.3 is 15.0 Å². The van der Waals surface area contributed by atoms with E-state index >= 15 is 0 Å². The topological polar surface area (TPSA) is 58.6 Å². The number of para-hydroxylation sites is 1. The third-order valence-electron chi connectivity index (χ3n) is 5.23. The third-order valence-corrected chi connectivity index (χ3v) is 5.23. The Morgan fingerprint density at radius 2 is 1.70 bits per heavy atom. The van der Waals surface area contributed by atoms with Crippen molar-refractivity contribution in [1.82, 2.24) is 10.2 Å². The normalized spacial score (nSPS) is 11.8. The summed E-state index contributed by atoms with van der Waals surface area (Å²) in [5.41, 5.74) is 3.18. The maximum Gasteiger partial charge on any atom is 0.261 e. The molecule has 5 nitrogen and oxygen atoms in total. The Hall–Kier alpha value is -2.82. The maximum absolute atomic E-state index is 13.2. The van der Waals surface area contributed by atoms with Crippen molar-refractivity contribution in [2.75, 3.05) is 13.2 Å². The highest BCUT2D eigenvalue weighted by atomic mass is 16.5. The summed E-state index contributed by atoms with van der Waals surface area (Å²) in [6, 6.07) is 15.2. The standard InChI is InChI=1S/C25H34N2O3/c1-6-22(25(29)26-7-2)27(16-20-13-9-8-12-19(20)5)24(28)17-30-23-15-11-10-14-21(23)18(3)4/h8-15,18,22H,6-7,16-17H2,1-5H3,(H,26,29)/t22-/m1/s1. The monoisotopic (exact) mass is 410 g/mol. The number of likely N-dealkylation sites (N-methyl/N-ethyl adjacent to an activating group) is 1. The molecule has 0 aliphatic rings. The van der Waals surface area contributed by atoms with Gasteiger partial charge in [-0.3, -0.25) is 9.59 Å². The fourth-order valence-corrected chi connectivity index (χ4v) is 3.49. The summed E-state index contributed by atoms with van der Waals surface area (Å²) in [5, 5.41) is 2.86. The first kappa shape index (κ1) is 23.5. The highest BCUT2D eigenvalue weighted by Crippen LogP contribution is 2.26. The van der Waals surface area contributed by atoms with Crippen LogP contribution < -0.4 is 10.1 Å². The van der Waals surface area contributed by atoms with Crippen LogP contribution in [0.25, 0.3) is 0 Å². The SMILES string of the molecule is CCNC(=O)[C@@H](CC)N(Cc1ccccc1C)C(=O)COc1ccccc1C(C)C. The van der Waals surface area contributed by atoms with E-state index in [1.807, 2.05) is 69.3 Å². The quantitative estimate of drug-likeness (QED) is 0.630. The molecule has 0 aliphatic heterocycles. The van der Waals surface area contributed by atoms with Gasteiger partial charge in [0, 0.05) is 13.1 Å². The second-order valence-electron chi connectivity index (χ2n) is 7.75. The lowest BCUT2D eigenvalue weighted by atomic mass is 10.0. The minimum atomic E-state index is -0.541. The minimum absolute atomic E-state index is 0.106. The molecule has 2 aromatic rings. The molecule has 2 rings (SSSR count). The molecule has 30 heavy (non-hydrogen) atoms. The fraction of sp³-hybridized carbons (Fsp3) is 0.440. The Morgan fingerprint density at radius 1 is 1.03 bits per heavy atom. The van der Waals surface area contributed by atoms with E-state index in [0.717, 1.165) is 16.7 Å². The summed E-state index contributed by atoms with van der Waals surface area (Å²) in [6.07, 6.45) is 0.534. The van der Waals surface area contributed by atoms with Gasteiger partial charge in [-0.2, -0.15) is 0 Å². The van der Waals surface area contributed by atoms with Crippen molar-refractivity contribution in [3.05, 3.63) is 65.2 Å². The molecule has 0 saturated carbocycles. The van der Waals surface area contributed by atoms with Gasteiger partial charge in [0.05, 0.1) is 0 Å². The number of hydrogen-bond donors (Lipinski definition) is 1. The van der Waals surface area contributed by atoms with Crippen LogP contribution in [0.15, 0.2) is 48.5 Å². The number of carbonyl (C=O) groups excluding carboxylic acids is 2. The molecule has 0 aliphatic carbocycles. The average Bonchev–Trinajstić information content (AvgIpc) is 2.73. The summed E-state index contributed by atoms with van der Waals surface area (Å²) in [7, 11) is 0. The van der Waals surface area contributed by atoms with E-state index < -0.39 is 6.04 Å². The first-order valence-corrected chi connectivity index (χ1v) is 10.7. The van der Waals surface area contributed by atoms with Gasteiger partial charge in [-0.1, -0.05) is 63.2 Å². The lowest BCUT2D eigenvalue weighted by molar-refractivity contribution is -0.142. The molecule has 162 valence electrons. The summed E-state index contributed by atoms with van der Waals surface area (Å²) >= 11 is 0. The van der Waals surface area contributed by atoms with E-state index in [0.29, 0.717) is 25.3 Å². The Kier molecular flexibility index (Phi) is 8.90. The molecule has 0 aromatic heterocycles. The van der Waals surface area contributed by atoms with Crippen LogP contribution in [-0.4, -0.2) is 35.9 Å². The number of hydrogen-bond acceptors (Lipinski definition) is 3. The number of nitrogens with one attached hydrogen (secondary N) is 1. The first-order chi connectivity index (χ1) is 14.4. The van der Waals surface area contributed by atoms with E-state index in [4.69, 9.17) is 4.74 Å². The summed E-state index contributed by atoms with van der Waals surface area (Å²) in [6.45, 7) is 10.8. The van der Waals surface area contributed by atoms with Gasteiger partial charge in [-0.15, -0.1) is 0 Å². The lowest BCUT2D eigenvalue weighted by Gasteiger charge is -2.31. The number of ether oxygens (including phenoxy) is 1. The average molecular weight is 411 g/mol. The third kappa shape index (κ3) is 6.09. The number of amides is 2. The molecule has 0 spiro atoms. The van der Waals surface area contributed by atoms with Crippen molar-refractivity contribution in [3.8, 4) is 5.75 Å². The van der Waals surface area contributed by atoms with Crippen LogP contribution in [0.5, 0.6) is 5.75 Å². The van der Waals surface area contributed by atoms with E-state index in [2.05, 4.69) is 19.2 Å². The van der Waals surface area contributed by atoms with Crippen molar-refractivity contribution < 1.29 is 14.3 Å². The number of rotatable bonds is 10. The van der Waals surface area contributed by atoms with Crippen LogP contribution in [0.4, 0.5) is 0 Å². The van der Waals surface area contributed by atoms with Gasteiger partial charge >= 0.3 is 0 Å². The van der Waals surface area contributed by atoms with Crippen molar-refractivity contribution >= 4 is 11.8 Å². The molecular formula is C25H34N2O3. The molecule has 0 heterocycles. The van der Waals surface area contributed by atoms with E-state index in [1.165, 1.54) is 0 Å². The Bertz CT molecular complexity index is 848. The fourth-order valence-electron chi connectivity index (χ4n) is 3.49. The van der Waals surface area contributed by atoms with Crippen LogP contribution in [-0.2, 0) is 16.1 Å². The van der Waals surface area contributed by atoms with E-state index in [-0.39, 0.29) is 24.3 Å². The second kappa shape index (κ2) is 11.4. The van der Waals surface area contributed by atoms with Crippen molar-refractivity contribution in [2.45, 2.75) is 59.5 Å². The van der Waals surface area contributed by atoms with Gasteiger partial charge in [0.25, 0.3) is 5.91 Å². The highest BCUT2D eigenvalue weighted by molar-refractivity contribution is 5.88. The zero-order valence-electron chi connectivity index (χ0n) is 18.8. The van der Waals surface area contributed by atoms with Crippen LogP contribution in [0.3, 0.4) is 0 Å². The molecule has 0 saturated heterocycles. The molecule has 2 amide bonds. The predicted octanol–water partition coefficient (Wildman–Crippen LogP) is 4.44. The largest absolute Gasteiger partial charge is 0.483 e. The van der Waals surface area contributed by atoms with Gasteiger partial charge in [-0.25, -0.2) is 0 Å². The van der Waals surface area contributed by atoms with Gasteiger partial charge in [0.1, 0.15) is 11.8 Å². The summed E-state index contributed by atoms with van der Waals surface area (Å²) in [4.78, 5) is 27.6. The maximum atomic E-state index is 13.2. The minimum Gasteiger partial charge on any atom is -0.483 e. The van der Waals surface area contributed by atoms with Crippen LogP contribution >= 0.6 is 0 Å². The van der Waals surface area contributed by atoms with Crippen molar-refractivity contribution in [3.63, 3.8) is 0 Å². The molecule has 0 radical (unpaired) electrons. The van der Waals surface area contributed by atoms with Crippen LogP contribution in [0, 0.1) is 6.92 Å². The number of benzene rings is 2. The molecule has 0 bridgehead atoms. The van der Waals surface area contributed by atoms with Crippen LogP contribution in [0.1, 0.15) is 56.7 Å². The molecule has 1 N–H and O–H groups in total. The number of aryl methyl sites for hydroxylation is 1. The first-order valence-electron chi connectivity index (χ1n) is 10.7. The van der Waals surface area contributed by atoms with Gasteiger partial charge in [-0.05, 0) is 48.9 Å². The molecule has 0 fully saturated rings. The molecule has 5 heteroatoms. The van der Waals surface area contributed by atoms with Crippen molar-refractivity contribution in [1.29, 1.82) is 0 Å². The Balaban J connectivity index is 2.25. The predicted molar refractivity (Wildman–Crippen MR) is 121 cm³/mol. The Labute approximate surface area is 180 Å². The number of carbonyl (C=O) groups is 2. The number of nitrogens with zero attached hydrogens (tertiary/aromatic N) is 1. The van der Waals surface area contributed by atoms with E-state index in [1.54, 1.807) is 4.90 Å². The van der Waals surface area contributed by atoms with Crippen molar-refractivity contribution in [2.24, 2.45) is 0 Å².